The Balaban J connectivity index is 1.19. The van der Waals surface area contributed by atoms with Crippen LogP contribution >= 0.6 is 0 Å². The Morgan fingerprint density at radius 2 is 1.06 bits per heavy atom. The zero-order chi connectivity index (χ0) is 33.4. The van der Waals surface area contributed by atoms with Gasteiger partial charge in [-0.1, -0.05) is 141 Å². The SMILES string of the molecule is CC1(C)c2ccccc2-c2cccc(-c3nc(-c4ccccc4)nc(-c4cccc(-n5c6ccccc6c6cc7ccccc7cc65)c4)n3)c21. The maximum atomic E-state index is 5.26. The van der Waals surface area contributed by atoms with Crippen LogP contribution in [-0.4, -0.2) is 19.5 Å². The van der Waals surface area contributed by atoms with Gasteiger partial charge < -0.3 is 4.57 Å². The Morgan fingerprint density at radius 3 is 1.92 bits per heavy atom. The molecule has 7 aromatic carbocycles. The van der Waals surface area contributed by atoms with Gasteiger partial charge in [0.2, 0.25) is 0 Å². The summed E-state index contributed by atoms with van der Waals surface area (Å²) in [6.45, 7) is 4.61. The lowest BCUT2D eigenvalue weighted by Gasteiger charge is -2.24. The minimum Gasteiger partial charge on any atom is -0.309 e. The number of benzene rings is 7. The lowest BCUT2D eigenvalue weighted by Crippen LogP contribution is -2.17. The second kappa shape index (κ2) is 10.8. The van der Waals surface area contributed by atoms with E-state index >= 15 is 0 Å². The van der Waals surface area contributed by atoms with E-state index in [1.807, 2.05) is 18.2 Å². The second-order valence-corrected chi connectivity index (χ2v) is 13.7. The third-order valence-corrected chi connectivity index (χ3v) is 10.4. The first-order chi connectivity index (χ1) is 24.5. The molecule has 0 atom stereocenters. The second-order valence-electron chi connectivity index (χ2n) is 13.7. The van der Waals surface area contributed by atoms with Crippen molar-refractivity contribution in [3.8, 4) is 51.0 Å². The summed E-state index contributed by atoms with van der Waals surface area (Å²) in [6.07, 6.45) is 0. The standard InChI is InChI=1S/C46H32N4/c1-46(2)39-24-10-8-20-34(39)36-22-13-23-37(42(36)46)45-48-43(29-14-4-3-5-15-29)47-44(49-45)32-18-12-19-33(26-32)50-40-25-11-9-21-35(40)38-27-30-16-6-7-17-31(30)28-41(38)50/h3-28H,1-2H3. The molecule has 0 bridgehead atoms. The molecule has 10 rings (SSSR count). The van der Waals surface area contributed by atoms with Crippen LogP contribution < -0.4 is 0 Å². The van der Waals surface area contributed by atoms with Crippen LogP contribution in [0.1, 0.15) is 25.0 Å². The van der Waals surface area contributed by atoms with Crippen molar-refractivity contribution in [1.82, 2.24) is 19.5 Å². The minimum atomic E-state index is -0.206. The van der Waals surface area contributed by atoms with E-state index in [9.17, 15) is 0 Å². The Morgan fingerprint density at radius 1 is 0.440 bits per heavy atom. The van der Waals surface area contributed by atoms with Crippen molar-refractivity contribution in [2.24, 2.45) is 0 Å². The van der Waals surface area contributed by atoms with Gasteiger partial charge in [-0.15, -0.1) is 0 Å². The third kappa shape index (κ3) is 4.28. The smallest absolute Gasteiger partial charge is 0.164 e. The highest BCUT2D eigenvalue weighted by atomic mass is 15.0. The first-order valence-electron chi connectivity index (χ1n) is 17.1. The maximum absolute atomic E-state index is 5.26. The van der Waals surface area contributed by atoms with E-state index in [1.54, 1.807) is 0 Å². The quantitative estimate of drug-likeness (QED) is 0.192. The summed E-state index contributed by atoms with van der Waals surface area (Å²) in [5.74, 6) is 1.98. The molecule has 0 amide bonds. The first kappa shape index (κ1) is 28.6. The monoisotopic (exact) mass is 640 g/mol. The fraction of sp³-hybridized carbons (Fsp3) is 0.0652. The third-order valence-electron chi connectivity index (χ3n) is 10.4. The van der Waals surface area contributed by atoms with E-state index in [0.717, 1.165) is 27.9 Å². The van der Waals surface area contributed by atoms with Crippen LogP contribution in [0.5, 0.6) is 0 Å². The Hall–Kier alpha value is -6.39. The molecule has 236 valence electrons. The Bertz CT molecular complexity index is 2790. The number of hydrogen-bond donors (Lipinski definition) is 0. The summed E-state index contributed by atoms with van der Waals surface area (Å²) in [5, 5.41) is 4.92. The predicted octanol–water partition coefficient (Wildman–Crippen LogP) is 11.4. The molecule has 2 heterocycles. The van der Waals surface area contributed by atoms with Crippen molar-refractivity contribution >= 4 is 32.6 Å². The van der Waals surface area contributed by atoms with Crippen molar-refractivity contribution in [1.29, 1.82) is 0 Å². The lowest BCUT2D eigenvalue weighted by molar-refractivity contribution is 0.661. The highest BCUT2D eigenvalue weighted by Crippen LogP contribution is 2.51. The van der Waals surface area contributed by atoms with Crippen LogP contribution in [-0.2, 0) is 5.41 Å². The van der Waals surface area contributed by atoms with E-state index in [2.05, 4.69) is 158 Å². The van der Waals surface area contributed by atoms with Gasteiger partial charge in [0, 0.05) is 38.6 Å². The van der Waals surface area contributed by atoms with E-state index in [4.69, 9.17) is 15.0 Å². The molecule has 0 aliphatic heterocycles. The molecule has 0 unspecified atom stereocenters. The zero-order valence-corrected chi connectivity index (χ0v) is 27.8. The fourth-order valence-electron chi connectivity index (χ4n) is 8.09. The topological polar surface area (TPSA) is 43.6 Å². The number of para-hydroxylation sites is 1. The molecule has 0 radical (unpaired) electrons. The van der Waals surface area contributed by atoms with Crippen molar-refractivity contribution in [2.75, 3.05) is 0 Å². The number of hydrogen-bond acceptors (Lipinski definition) is 3. The summed E-state index contributed by atoms with van der Waals surface area (Å²) in [6, 6.07) is 55.9. The molecule has 4 nitrogen and oxygen atoms in total. The van der Waals surface area contributed by atoms with E-state index in [1.165, 1.54) is 49.3 Å². The molecule has 0 saturated heterocycles. The molecule has 4 heteroatoms. The molecule has 0 N–H and O–H groups in total. The van der Waals surface area contributed by atoms with Gasteiger partial charge in [-0.25, -0.2) is 15.0 Å². The maximum Gasteiger partial charge on any atom is 0.164 e. The highest BCUT2D eigenvalue weighted by Gasteiger charge is 2.38. The number of aromatic nitrogens is 4. The van der Waals surface area contributed by atoms with Gasteiger partial charge >= 0.3 is 0 Å². The van der Waals surface area contributed by atoms with Crippen molar-refractivity contribution < 1.29 is 0 Å². The van der Waals surface area contributed by atoms with Gasteiger partial charge in [-0.3, -0.25) is 0 Å². The van der Waals surface area contributed by atoms with E-state index in [-0.39, 0.29) is 5.41 Å². The largest absolute Gasteiger partial charge is 0.309 e. The Kier molecular flexibility index (Phi) is 6.19. The first-order valence-corrected chi connectivity index (χ1v) is 17.1. The van der Waals surface area contributed by atoms with Crippen LogP contribution in [0.15, 0.2) is 158 Å². The summed E-state index contributed by atoms with van der Waals surface area (Å²) in [7, 11) is 0. The fourth-order valence-corrected chi connectivity index (χ4v) is 8.09. The summed E-state index contributed by atoms with van der Waals surface area (Å²) in [5.41, 5.74) is 11.2. The molecule has 1 aliphatic rings. The van der Waals surface area contributed by atoms with E-state index < -0.39 is 0 Å². The van der Waals surface area contributed by atoms with Crippen molar-refractivity contribution in [3.63, 3.8) is 0 Å². The van der Waals surface area contributed by atoms with Crippen LogP contribution in [0.4, 0.5) is 0 Å². The predicted molar refractivity (Wildman–Crippen MR) is 206 cm³/mol. The van der Waals surface area contributed by atoms with Crippen LogP contribution in [0.25, 0.3) is 83.6 Å². The number of rotatable bonds is 4. The lowest BCUT2D eigenvalue weighted by atomic mass is 9.80. The summed E-state index contributed by atoms with van der Waals surface area (Å²) < 4.78 is 2.37. The molecule has 9 aromatic rings. The van der Waals surface area contributed by atoms with Crippen LogP contribution in [0, 0.1) is 0 Å². The number of fused-ring (bicyclic) bond motifs is 7. The molecule has 0 fully saturated rings. The van der Waals surface area contributed by atoms with Gasteiger partial charge in [-0.05, 0) is 63.4 Å². The zero-order valence-electron chi connectivity index (χ0n) is 27.8. The van der Waals surface area contributed by atoms with Crippen LogP contribution in [0.2, 0.25) is 0 Å². The average Bonchev–Trinajstić information content (AvgIpc) is 3.62. The number of nitrogens with zero attached hydrogens (tertiary/aromatic N) is 4. The highest BCUT2D eigenvalue weighted by molar-refractivity contribution is 6.13. The van der Waals surface area contributed by atoms with Gasteiger partial charge in [0.05, 0.1) is 11.0 Å². The molecule has 50 heavy (non-hydrogen) atoms. The van der Waals surface area contributed by atoms with Gasteiger partial charge in [0.1, 0.15) is 0 Å². The molecule has 0 spiro atoms. The molecular formula is C46H32N4. The van der Waals surface area contributed by atoms with Gasteiger partial charge in [0.15, 0.2) is 17.5 Å². The summed E-state index contributed by atoms with van der Waals surface area (Å²) in [4.78, 5) is 15.5. The summed E-state index contributed by atoms with van der Waals surface area (Å²) >= 11 is 0. The van der Waals surface area contributed by atoms with Crippen molar-refractivity contribution in [2.45, 2.75) is 19.3 Å². The normalized spacial score (nSPS) is 13.2. The minimum absolute atomic E-state index is 0.206. The van der Waals surface area contributed by atoms with Gasteiger partial charge in [-0.2, -0.15) is 0 Å². The van der Waals surface area contributed by atoms with E-state index in [0.29, 0.717) is 17.5 Å². The molecule has 1 aliphatic carbocycles. The van der Waals surface area contributed by atoms with Crippen molar-refractivity contribution in [3.05, 3.63) is 169 Å². The molecule has 2 aromatic heterocycles. The molecule has 0 saturated carbocycles. The average molecular weight is 641 g/mol. The Labute approximate surface area is 290 Å². The van der Waals surface area contributed by atoms with Gasteiger partial charge in [0.25, 0.3) is 0 Å². The van der Waals surface area contributed by atoms with Crippen LogP contribution in [0.3, 0.4) is 0 Å². The molecular weight excluding hydrogens is 609 g/mol.